The zero-order valence-corrected chi connectivity index (χ0v) is 22.1. The molecule has 0 bridgehead atoms. The summed E-state index contributed by atoms with van der Waals surface area (Å²) in [6.45, 7) is 12.1. The van der Waals surface area contributed by atoms with Crippen LogP contribution in [-0.4, -0.2) is 23.9 Å². The van der Waals surface area contributed by atoms with E-state index < -0.39 is 0 Å². The maximum absolute atomic E-state index is 13.7. The lowest BCUT2D eigenvalue weighted by molar-refractivity contribution is -0.127. The van der Waals surface area contributed by atoms with E-state index in [0.29, 0.717) is 41.4 Å². The summed E-state index contributed by atoms with van der Waals surface area (Å²) in [5.74, 6) is 2.14. The summed E-state index contributed by atoms with van der Waals surface area (Å²) < 4.78 is 0. The van der Waals surface area contributed by atoms with Gasteiger partial charge < -0.3 is 5.32 Å². The third kappa shape index (κ3) is 3.75. The van der Waals surface area contributed by atoms with Crippen LogP contribution in [0.3, 0.4) is 0 Å². The Hall–Kier alpha value is -1.68. The first-order valence-corrected chi connectivity index (χ1v) is 13.5. The van der Waals surface area contributed by atoms with Crippen molar-refractivity contribution in [2.75, 3.05) is 11.9 Å². The number of amides is 1. The van der Waals surface area contributed by atoms with E-state index in [1.807, 2.05) is 18.2 Å². The predicted octanol–water partition coefficient (Wildman–Crippen LogP) is 6.85. The number of ketones is 1. The third-order valence-corrected chi connectivity index (χ3v) is 10.3. The van der Waals surface area contributed by atoms with Gasteiger partial charge >= 0.3 is 0 Å². The highest BCUT2D eigenvalue weighted by Gasteiger charge is 2.60. The minimum atomic E-state index is -0.0813. The van der Waals surface area contributed by atoms with Crippen molar-refractivity contribution in [3.63, 3.8) is 0 Å². The van der Waals surface area contributed by atoms with Crippen LogP contribution < -0.4 is 5.32 Å². The van der Waals surface area contributed by atoms with Crippen LogP contribution in [-0.2, 0) is 15.0 Å². The number of Topliss-reactive ketones (excluding diaryl/α,β-unsaturated/α-hetero) is 1. The molecule has 5 rings (SSSR count). The fraction of sp³-hybridized carbons (Fsp3) is 0.690. The maximum Gasteiger partial charge on any atom is 0.228 e. The number of anilines is 1. The molecule has 1 aromatic carbocycles. The highest BCUT2D eigenvalue weighted by atomic mass is 35.5. The van der Waals surface area contributed by atoms with Crippen LogP contribution >= 0.6 is 11.6 Å². The first kappa shape index (κ1) is 24.0. The van der Waals surface area contributed by atoms with Crippen LogP contribution in [0, 0.1) is 34.5 Å². The minimum Gasteiger partial charge on any atom is -0.326 e. The highest BCUT2D eigenvalue weighted by Crippen LogP contribution is 2.63. The number of aliphatic imine (C=N–C) groups is 1. The molecule has 0 saturated heterocycles. The number of rotatable bonds is 2. The van der Waals surface area contributed by atoms with Crippen molar-refractivity contribution in [3.8, 4) is 0 Å². The zero-order valence-electron chi connectivity index (χ0n) is 21.3. The summed E-state index contributed by atoms with van der Waals surface area (Å²) in [4.78, 5) is 30.8. The second-order valence-corrected chi connectivity index (χ2v) is 13.3. The van der Waals surface area contributed by atoms with Crippen LogP contribution in [0.5, 0.6) is 0 Å². The van der Waals surface area contributed by atoms with Gasteiger partial charge in [-0.3, -0.25) is 14.6 Å². The molecular weight excluding hydrogens is 444 g/mol. The van der Waals surface area contributed by atoms with Crippen LogP contribution in [0.1, 0.15) is 85.1 Å². The minimum absolute atomic E-state index is 0.000406. The zero-order chi connectivity index (χ0) is 24.5. The lowest BCUT2D eigenvalue weighted by Gasteiger charge is -2.56. The van der Waals surface area contributed by atoms with Gasteiger partial charge in [0.05, 0.1) is 0 Å². The number of nitrogens with zero attached hydrogens (tertiary/aromatic N) is 1. The van der Waals surface area contributed by atoms with Gasteiger partial charge in [0.2, 0.25) is 5.91 Å². The molecule has 3 aliphatic carbocycles. The number of benzene rings is 1. The topological polar surface area (TPSA) is 58.5 Å². The molecule has 3 fully saturated rings. The summed E-state index contributed by atoms with van der Waals surface area (Å²) in [7, 11) is 0. The molecule has 1 aliphatic heterocycles. The Morgan fingerprint density at radius 3 is 2.62 bits per heavy atom. The molecule has 1 amide bonds. The monoisotopic (exact) mass is 482 g/mol. The Kier molecular flexibility index (Phi) is 5.78. The van der Waals surface area contributed by atoms with Gasteiger partial charge in [-0.25, -0.2) is 0 Å². The van der Waals surface area contributed by atoms with E-state index in [-0.39, 0.29) is 28.1 Å². The van der Waals surface area contributed by atoms with Gasteiger partial charge in [0.15, 0.2) is 0 Å². The summed E-state index contributed by atoms with van der Waals surface area (Å²) >= 11 is 6.32. The second-order valence-electron chi connectivity index (χ2n) is 12.9. The SMILES string of the molecule is CC(C)(C)c1ccc(Cl)cc1NC(=O)[C@H]1CCC2C3CN=C4CC(=O)CC[C@]4(C)C3CC[C@@]21C. The Balaban J connectivity index is 1.39. The number of fused-ring (bicyclic) bond motifs is 5. The molecule has 4 nitrogen and oxygen atoms in total. The van der Waals surface area contributed by atoms with Crippen LogP contribution in [0.25, 0.3) is 0 Å². The van der Waals surface area contributed by atoms with Crippen LogP contribution in [0.15, 0.2) is 23.2 Å². The van der Waals surface area contributed by atoms with E-state index in [1.165, 1.54) is 0 Å². The van der Waals surface area contributed by atoms with Crippen molar-refractivity contribution >= 4 is 34.7 Å². The van der Waals surface area contributed by atoms with Gasteiger partial charge in [-0.05, 0) is 78.4 Å². The Labute approximate surface area is 209 Å². The van der Waals surface area contributed by atoms with E-state index in [2.05, 4.69) is 39.9 Å². The number of halogens is 1. The van der Waals surface area contributed by atoms with Gasteiger partial charge in [0, 0.05) is 47.1 Å². The first-order chi connectivity index (χ1) is 15.9. The molecule has 0 spiro atoms. The predicted molar refractivity (Wildman–Crippen MR) is 139 cm³/mol. The lowest BCUT2D eigenvalue weighted by Crippen LogP contribution is -2.55. The number of carbonyl (C=O) groups is 2. The largest absolute Gasteiger partial charge is 0.326 e. The van der Waals surface area contributed by atoms with Crippen molar-refractivity contribution in [3.05, 3.63) is 28.8 Å². The van der Waals surface area contributed by atoms with Gasteiger partial charge in [-0.15, -0.1) is 0 Å². The average molecular weight is 483 g/mol. The summed E-state index contributed by atoms with van der Waals surface area (Å²) in [5, 5.41) is 3.95. The molecule has 3 unspecified atom stereocenters. The normalized spacial score (nSPS) is 37.4. The number of nitrogens with one attached hydrogen (secondary N) is 1. The summed E-state index contributed by atoms with van der Waals surface area (Å²) in [5.41, 5.74) is 3.11. The quantitative estimate of drug-likeness (QED) is 0.501. The lowest BCUT2D eigenvalue weighted by atomic mass is 9.49. The second kappa shape index (κ2) is 8.18. The number of hydrogen-bond acceptors (Lipinski definition) is 3. The molecule has 6 atom stereocenters. The van der Waals surface area contributed by atoms with Gasteiger partial charge in [-0.1, -0.05) is 52.3 Å². The Morgan fingerprint density at radius 1 is 1.12 bits per heavy atom. The van der Waals surface area contributed by atoms with E-state index >= 15 is 0 Å². The van der Waals surface area contributed by atoms with Crippen LogP contribution in [0.4, 0.5) is 5.69 Å². The molecule has 34 heavy (non-hydrogen) atoms. The molecule has 0 radical (unpaired) electrons. The molecule has 4 aliphatic rings. The van der Waals surface area contributed by atoms with Crippen molar-refractivity contribution in [1.29, 1.82) is 0 Å². The van der Waals surface area contributed by atoms with Crippen molar-refractivity contribution in [2.45, 2.75) is 85.0 Å². The van der Waals surface area contributed by atoms with Crippen molar-refractivity contribution < 1.29 is 9.59 Å². The molecule has 3 saturated carbocycles. The number of carbonyl (C=O) groups excluding carboxylic acids is 2. The maximum atomic E-state index is 13.7. The first-order valence-electron chi connectivity index (χ1n) is 13.1. The molecule has 0 aromatic heterocycles. The van der Waals surface area contributed by atoms with E-state index in [0.717, 1.165) is 55.6 Å². The fourth-order valence-corrected chi connectivity index (χ4v) is 8.30. The highest BCUT2D eigenvalue weighted by molar-refractivity contribution is 6.31. The third-order valence-electron chi connectivity index (χ3n) is 10.1. The standard InChI is InChI=1S/C29H39ClN2O2/c1-27(2,3)22-7-6-17(30)14-24(22)32-26(34)23-9-8-20-19-16-31-25-15-18(33)10-12-29(25,5)21(19)11-13-28(20,23)4/h6-7,14,19-21,23H,8-13,15-16H2,1-5H3,(H,32,34)/t19?,20?,21?,23-,28+,29-/m1/s1. The molecular formula is C29H39ClN2O2. The summed E-state index contributed by atoms with van der Waals surface area (Å²) in [6, 6.07) is 5.84. The van der Waals surface area contributed by atoms with Crippen molar-refractivity contribution in [1.82, 2.24) is 0 Å². The molecule has 1 N–H and O–H groups in total. The van der Waals surface area contributed by atoms with Gasteiger partial charge in [0.1, 0.15) is 5.78 Å². The van der Waals surface area contributed by atoms with Crippen molar-refractivity contribution in [2.24, 2.45) is 39.5 Å². The number of hydrogen-bond donors (Lipinski definition) is 1. The van der Waals surface area contributed by atoms with E-state index in [4.69, 9.17) is 16.6 Å². The Morgan fingerprint density at radius 2 is 1.88 bits per heavy atom. The van der Waals surface area contributed by atoms with Crippen LogP contribution in [0.2, 0.25) is 5.02 Å². The smallest absolute Gasteiger partial charge is 0.228 e. The molecule has 1 heterocycles. The van der Waals surface area contributed by atoms with E-state index in [9.17, 15) is 9.59 Å². The molecule has 184 valence electrons. The molecule has 5 heteroatoms. The van der Waals surface area contributed by atoms with E-state index in [1.54, 1.807) is 0 Å². The fourth-order valence-electron chi connectivity index (χ4n) is 8.13. The average Bonchev–Trinajstić information content (AvgIpc) is 3.11. The van der Waals surface area contributed by atoms with Gasteiger partial charge in [-0.2, -0.15) is 0 Å². The van der Waals surface area contributed by atoms with Gasteiger partial charge in [0.25, 0.3) is 0 Å². The molecule has 1 aromatic rings. The summed E-state index contributed by atoms with van der Waals surface area (Å²) in [6.07, 6.45) is 6.45. The Bertz CT molecular complexity index is 1060.